The summed E-state index contributed by atoms with van der Waals surface area (Å²) < 4.78 is 0. The molecule has 11 heteroatoms. The second kappa shape index (κ2) is 8.02. The molecule has 1 aromatic carbocycles. The van der Waals surface area contributed by atoms with Crippen LogP contribution in [-0.2, 0) is 14.4 Å². The van der Waals surface area contributed by atoms with Gasteiger partial charge in [-0.3, -0.25) is 19.3 Å². The first-order valence-corrected chi connectivity index (χ1v) is 10.8. The molecule has 0 unspecified atom stereocenters. The maximum absolute atomic E-state index is 12.7. The molecule has 2 aromatic rings. The zero-order valence-corrected chi connectivity index (χ0v) is 16.9. The van der Waals surface area contributed by atoms with Crippen LogP contribution in [0.5, 0.6) is 0 Å². The first-order valence-electron chi connectivity index (χ1n) is 8.30. The van der Waals surface area contributed by atoms with Crippen molar-refractivity contribution in [1.29, 1.82) is 0 Å². The number of carbonyl (C=O) groups is 3. The van der Waals surface area contributed by atoms with E-state index in [-0.39, 0.29) is 28.6 Å². The van der Waals surface area contributed by atoms with Crippen LogP contribution in [0.4, 0.5) is 0 Å². The average Bonchev–Trinajstić information content (AvgIpc) is 3.24. The lowest BCUT2D eigenvalue weighted by molar-refractivity contribution is -0.146. The van der Waals surface area contributed by atoms with E-state index in [4.69, 9.17) is 0 Å². The van der Waals surface area contributed by atoms with E-state index in [9.17, 15) is 14.4 Å². The third-order valence-corrected chi connectivity index (χ3v) is 6.83. The predicted molar refractivity (Wildman–Crippen MR) is 109 cm³/mol. The van der Waals surface area contributed by atoms with Gasteiger partial charge in [0.1, 0.15) is 22.8 Å². The van der Waals surface area contributed by atoms with Crippen molar-refractivity contribution in [2.24, 2.45) is 0 Å². The molecule has 2 aliphatic heterocycles. The number of thiol groups is 1. The molecule has 2 N–H and O–H groups in total. The summed E-state index contributed by atoms with van der Waals surface area (Å²) >= 11 is 6.80. The van der Waals surface area contributed by atoms with Crippen molar-refractivity contribution in [1.82, 2.24) is 25.6 Å². The Hall–Kier alpha value is -2.24. The monoisotopic (exact) mass is 433 g/mol. The molecule has 0 bridgehead atoms. The van der Waals surface area contributed by atoms with Gasteiger partial charge in [0.25, 0.3) is 5.91 Å². The van der Waals surface area contributed by atoms with E-state index in [2.05, 4.69) is 33.4 Å². The van der Waals surface area contributed by atoms with Gasteiger partial charge in [0.2, 0.25) is 11.0 Å². The van der Waals surface area contributed by atoms with Gasteiger partial charge in [0.15, 0.2) is 0 Å². The van der Waals surface area contributed by atoms with Gasteiger partial charge in [-0.25, -0.2) is 0 Å². The Labute approximate surface area is 174 Å². The lowest BCUT2D eigenvalue weighted by Crippen LogP contribution is -2.70. The lowest BCUT2D eigenvalue weighted by atomic mass is 10.0. The highest BCUT2D eigenvalue weighted by molar-refractivity contribution is 8.00. The molecule has 0 spiro atoms. The number of fused-ring (bicyclic) bond motifs is 1. The zero-order valence-electron chi connectivity index (χ0n) is 14.4. The summed E-state index contributed by atoms with van der Waals surface area (Å²) in [6, 6.07) is 8.91. The number of hydrogen-bond donors (Lipinski definition) is 3. The van der Waals surface area contributed by atoms with Crippen LogP contribution in [0.25, 0.3) is 5.57 Å². The number of aromatic nitrogens is 3. The second-order valence-electron chi connectivity index (χ2n) is 6.04. The number of H-pyrrole nitrogens is 1. The lowest BCUT2D eigenvalue weighted by Gasteiger charge is -2.49. The Kier molecular flexibility index (Phi) is 5.47. The van der Waals surface area contributed by atoms with Crippen LogP contribution in [0.3, 0.4) is 0 Å². The summed E-state index contributed by atoms with van der Waals surface area (Å²) in [5.41, 5.74) is 1.31. The fraction of sp³-hybridized carbons (Fsp3) is 0.235. The van der Waals surface area contributed by atoms with Crippen molar-refractivity contribution in [3.05, 3.63) is 47.9 Å². The molecular weight excluding hydrogens is 418 g/mol. The van der Waals surface area contributed by atoms with Crippen LogP contribution >= 0.6 is 36.2 Å². The molecular formula is C17H15N5O3S3. The Balaban J connectivity index is 1.44. The normalized spacial score (nSPS) is 21.2. The van der Waals surface area contributed by atoms with E-state index in [0.717, 1.165) is 4.90 Å². The summed E-state index contributed by atoms with van der Waals surface area (Å²) in [5, 5.41) is 12.2. The van der Waals surface area contributed by atoms with Crippen LogP contribution < -0.4 is 5.32 Å². The van der Waals surface area contributed by atoms with Gasteiger partial charge in [0, 0.05) is 16.2 Å². The van der Waals surface area contributed by atoms with Gasteiger partial charge in [-0.15, -0.1) is 23.5 Å². The molecule has 8 nitrogen and oxygen atoms in total. The Morgan fingerprint density at radius 3 is 2.82 bits per heavy atom. The van der Waals surface area contributed by atoms with E-state index in [1.54, 1.807) is 0 Å². The maximum atomic E-state index is 12.7. The van der Waals surface area contributed by atoms with Crippen molar-refractivity contribution in [3.63, 3.8) is 0 Å². The summed E-state index contributed by atoms with van der Waals surface area (Å²) in [6.45, 7) is 0. The molecule has 0 aliphatic carbocycles. The highest BCUT2D eigenvalue weighted by atomic mass is 32.2. The molecule has 4 rings (SSSR count). The summed E-state index contributed by atoms with van der Waals surface area (Å²) in [5.74, 6) is 0.128. The quantitative estimate of drug-likeness (QED) is 0.356. The molecule has 1 fully saturated rings. The van der Waals surface area contributed by atoms with Gasteiger partial charge < -0.3 is 5.32 Å². The minimum Gasteiger partial charge on any atom is -0.341 e. The smallest absolute Gasteiger partial charge is 0.253 e. The van der Waals surface area contributed by atoms with Crippen LogP contribution in [0, 0.1) is 0 Å². The molecule has 144 valence electrons. The molecule has 0 radical (unpaired) electrons. The standard InChI is InChI=1S/C17H15N5O3S3/c23-12(8-27-9-4-2-1-3-5-9)19-13-15(24)22-14(17(25)26)10(7-28-16(13)22)11-6-18-21-20-11/h1-6,13,16H,7-8H2,(H,19,23)(H,25,26)(H,18,20,21)/t13-,16-/m1/s1. The third-order valence-electron chi connectivity index (χ3n) is 4.32. The number of thioether (sulfide) groups is 2. The number of carbonyl (C=O) groups excluding carboxylic acids is 3. The SMILES string of the molecule is O=C(CSc1ccccc1)N[C@@H]1C(=O)N2C(C(=O)S)=C(c3cn[nH]n3)CS[C@H]12. The number of rotatable bonds is 6. The molecule has 2 atom stereocenters. The highest BCUT2D eigenvalue weighted by Crippen LogP contribution is 2.43. The molecule has 3 heterocycles. The first kappa shape index (κ1) is 19.1. The van der Waals surface area contributed by atoms with E-state index >= 15 is 0 Å². The van der Waals surface area contributed by atoms with E-state index in [1.165, 1.54) is 34.6 Å². The van der Waals surface area contributed by atoms with Crippen molar-refractivity contribution in [2.45, 2.75) is 16.3 Å². The number of aromatic amines is 1. The molecule has 2 amide bonds. The van der Waals surface area contributed by atoms with E-state index < -0.39 is 11.2 Å². The predicted octanol–water partition coefficient (Wildman–Crippen LogP) is 1.16. The van der Waals surface area contributed by atoms with Crippen LogP contribution in [0.1, 0.15) is 5.69 Å². The number of nitrogens with zero attached hydrogens (tertiary/aromatic N) is 3. The largest absolute Gasteiger partial charge is 0.341 e. The van der Waals surface area contributed by atoms with Crippen molar-refractivity contribution in [2.75, 3.05) is 11.5 Å². The summed E-state index contributed by atoms with van der Waals surface area (Å²) in [6.07, 6.45) is 1.50. The summed E-state index contributed by atoms with van der Waals surface area (Å²) in [7, 11) is 0. The Morgan fingerprint density at radius 1 is 1.36 bits per heavy atom. The van der Waals surface area contributed by atoms with Crippen molar-refractivity contribution < 1.29 is 14.4 Å². The molecule has 2 aliphatic rings. The minimum absolute atomic E-state index is 0.204. The van der Waals surface area contributed by atoms with Gasteiger partial charge in [-0.05, 0) is 12.1 Å². The number of hydrogen-bond acceptors (Lipinski definition) is 7. The fourth-order valence-electron chi connectivity index (χ4n) is 3.04. The Morgan fingerprint density at radius 2 is 2.14 bits per heavy atom. The number of amides is 2. The van der Waals surface area contributed by atoms with Gasteiger partial charge in [-0.2, -0.15) is 15.4 Å². The minimum atomic E-state index is -0.657. The highest BCUT2D eigenvalue weighted by Gasteiger charge is 2.53. The average molecular weight is 434 g/mol. The number of β-lactam (4-membered cyclic amide) rings is 1. The van der Waals surface area contributed by atoms with Gasteiger partial charge in [0.05, 0.1) is 11.9 Å². The van der Waals surface area contributed by atoms with Crippen LogP contribution in [0.2, 0.25) is 0 Å². The molecule has 0 saturated carbocycles. The van der Waals surface area contributed by atoms with Crippen molar-refractivity contribution in [3.8, 4) is 0 Å². The van der Waals surface area contributed by atoms with Gasteiger partial charge >= 0.3 is 0 Å². The van der Waals surface area contributed by atoms with Crippen LogP contribution in [0.15, 0.2) is 47.1 Å². The van der Waals surface area contributed by atoms with Crippen LogP contribution in [-0.4, -0.2) is 60.2 Å². The molecule has 1 aromatic heterocycles. The molecule has 28 heavy (non-hydrogen) atoms. The maximum Gasteiger partial charge on any atom is 0.253 e. The first-order chi connectivity index (χ1) is 13.6. The number of benzene rings is 1. The van der Waals surface area contributed by atoms with Crippen molar-refractivity contribution >= 4 is 58.7 Å². The number of nitrogens with one attached hydrogen (secondary N) is 2. The summed E-state index contributed by atoms with van der Waals surface area (Å²) in [4.78, 5) is 39.4. The Bertz CT molecular complexity index is 948. The fourth-order valence-corrected chi connectivity index (χ4v) is 5.37. The third kappa shape index (κ3) is 3.56. The zero-order chi connectivity index (χ0) is 19.7. The van der Waals surface area contributed by atoms with E-state index in [0.29, 0.717) is 17.0 Å². The second-order valence-corrected chi connectivity index (χ2v) is 8.60. The topological polar surface area (TPSA) is 108 Å². The molecule has 1 saturated heterocycles. The van der Waals surface area contributed by atoms with E-state index in [1.807, 2.05) is 30.3 Å². The van der Waals surface area contributed by atoms with Gasteiger partial charge in [-0.1, -0.05) is 30.8 Å².